The molecule has 0 saturated carbocycles. The van der Waals surface area contributed by atoms with E-state index in [-0.39, 0.29) is 33.3 Å². The molecule has 1 aromatic carbocycles. The van der Waals surface area contributed by atoms with Crippen molar-refractivity contribution in [3.05, 3.63) is 33.9 Å². The van der Waals surface area contributed by atoms with Gasteiger partial charge in [-0.15, -0.1) is 11.8 Å². The van der Waals surface area contributed by atoms with Gasteiger partial charge in [0.1, 0.15) is 0 Å². The second-order valence-corrected chi connectivity index (χ2v) is 7.04. The summed E-state index contributed by atoms with van der Waals surface area (Å²) in [5.41, 5.74) is -0.597. The Morgan fingerprint density at radius 1 is 1.38 bits per heavy atom. The first-order valence-corrected chi connectivity index (χ1v) is 7.04. The predicted octanol–water partition coefficient (Wildman–Crippen LogP) is 2.76. The number of nitrogens with one attached hydrogen (secondary N) is 1. The van der Waals surface area contributed by atoms with Gasteiger partial charge in [-0.05, 0) is 6.07 Å². The van der Waals surface area contributed by atoms with Crippen LogP contribution in [0, 0.1) is 10.1 Å². The zero-order chi connectivity index (χ0) is 16.2. The Kier molecular flexibility index (Phi) is 5.31. The lowest BCUT2D eigenvalue weighted by Gasteiger charge is -2.17. The van der Waals surface area contributed by atoms with Gasteiger partial charge < -0.3 is 10.4 Å². The van der Waals surface area contributed by atoms with E-state index in [1.54, 1.807) is 0 Å². The molecular weight excluding hydrogens is 296 g/mol. The highest BCUT2D eigenvalue weighted by molar-refractivity contribution is 8.01. The number of rotatable bonds is 5. The van der Waals surface area contributed by atoms with E-state index in [9.17, 15) is 19.7 Å². The minimum absolute atomic E-state index is 0.0487. The van der Waals surface area contributed by atoms with Gasteiger partial charge >= 0.3 is 5.97 Å². The second-order valence-electron chi connectivity index (χ2n) is 5.24. The van der Waals surface area contributed by atoms with Crippen molar-refractivity contribution in [2.45, 2.75) is 25.5 Å². The first-order chi connectivity index (χ1) is 9.60. The van der Waals surface area contributed by atoms with Gasteiger partial charge in [-0.3, -0.25) is 14.9 Å². The summed E-state index contributed by atoms with van der Waals surface area (Å²) in [5, 5.41) is 22.2. The molecule has 0 atom stereocenters. The van der Waals surface area contributed by atoms with Crippen molar-refractivity contribution in [3.8, 4) is 0 Å². The van der Waals surface area contributed by atoms with Crippen molar-refractivity contribution in [2.75, 3.05) is 11.1 Å². The minimum Gasteiger partial charge on any atom is -0.478 e. The molecule has 0 unspecified atom stereocenters. The average molecular weight is 312 g/mol. The maximum Gasteiger partial charge on any atom is 0.338 e. The van der Waals surface area contributed by atoms with Crippen LogP contribution in [-0.2, 0) is 4.79 Å². The molecule has 2 N–H and O–H groups in total. The van der Waals surface area contributed by atoms with Crippen LogP contribution in [0.25, 0.3) is 0 Å². The van der Waals surface area contributed by atoms with E-state index in [4.69, 9.17) is 5.11 Å². The SMILES string of the molecule is CC(C)(C)SCC(=O)Nc1ccc([N+](=O)[O-])cc1C(=O)O. The monoisotopic (exact) mass is 312 g/mol. The number of carboxylic acids is 1. The summed E-state index contributed by atoms with van der Waals surface area (Å²) in [6.07, 6.45) is 0. The van der Waals surface area contributed by atoms with Gasteiger partial charge in [0, 0.05) is 16.9 Å². The molecule has 7 nitrogen and oxygen atoms in total. The largest absolute Gasteiger partial charge is 0.478 e. The Morgan fingerprint density at radius 3 is 2.48 bits per heavy atom. The number of hydrogen-bond donors (Lipinski definition) is 2. The predicted molar refractivity (Wildman–Crippen MR) is 80.9 cm³/mol. The molecule has 1 aromatic rings. The number of nitrogens with zero attached hydrogens (tertiary/aromatic N) is 1. The summed E-state index contributed by atoms with van der Waals surface area (Å²) in [6, 6.07) is 3.30. The normalized spacial score (nSPS) is 11.0. The summed E-state index contributed by atoms with van der Waals surface area (Å²) in [7, 11) is 0. The van der Waals surface area contributed by atoms with Crippen LogP contribution in [0.15, 0.2) is 18.2 Å². The molecular formula is C13H16N2O5S. The first kappa shape index (κ1) is 17.0. The van der Waals surface area contributed by atoms with Crippen molar-refractivity contribution in [3.63, 3.8) is 0 Å². The number of benzene rings is 1. The van der Waals surface area contributed by atoms with Gasteiger partial charge in [0.05, 0.1) is 21.9 Å². The van der Waals surface area contributed by atoms with Crippen LogP contribution < -0.4 is 5.32 Å². The maximum atomic E-state index is 11.8. The van der Waals surface area contributed by atoms with E-state index in [0.29, 0.717) is 0 Å². The summed E-state index contributed by atoms with van der Waals surface area (Å²) in [6.45, 7) is 5.87. The van der Waals surface area contributed by atoms with Gasteiger partial charge in [-0.25, -0.2) is 4.79 Å². The number of amides is 1. The Labute approximate surface area is 125 Å². The van der Waals surface area contributed by atoms with Crippen molar-refractivity contribution >= 4 is 35.0 Å². The van der Waals surface area contributed by atoms with Crippen LogP contribution in [0.5, 0.6) is 0 Å². The topological polar surface area (TPSA) is 110 Å². The number of non-ortho nitro benzene ring substituents is 1. The minimum atomic E-state index is -1.34. The van der Waals surface area contributed by atoms with Gasteiger partial charge in [0.15, 0.2) is 0 Å². The van der Waals surface area contributed by atoms with Gasteiger partial charge in [-0.2, -0.15) is 0 Å². The number of thioether (sulfide) groups is 1. The summed E-state index contributed by atoms with van der Waals surface area (Å²) in [5.74, 6) is -1.52. The highest BCUT2D eigenvalue weighted by Gasteiger charge is 2.19. The second kappa shape index (κ2) is 6.57. The molecule has 0 bridgehead atoms. The zero-order valence-electron chi connectivity index (χ0n) is 11.9. The molecule has 0 saturated heterocycles. The zero-order valence-corrected chi connectivity index (χ0v) is 12.7. The maximum absolute atomic E-state index is 11.8. The van der Waals surface area contributed by atoms with Crippen LogP contribution in [-0.4, -0.2) is 32.4 Å². The van der Waals surface area contributed by atoms with Gasteiger partial charge in [0.2, 0.25) is 5.91 Å². The van der Waals surface area contributed by atoms with Crippen LogP contribution in [0.1, 0.15) is 31.1 Å². The number of carbonyl (C=O) groups excluding carboxylic acids is 1. The molecule has 1 rings (SSSR count). The van der Waals surface area contributed by atoms with E-state index in [0.717, 1.165) is 12.1 Å². The Morgan fingerprint density at radius 2 is 2.00 bits per heavy atom. The number of carboxylic acid groups (broad SMARTS) is 1. The third-order valence-corrected chi connectivity index (χ3v) is 3.63. The van der Waals surface area contributed by atoms with Gasteiger partial charge in [-0.1, -0.05) is 20.8 Å². The van der Waals surface area contributed by atoms with Crippen molar-refractivity contribution in [2.24, 2.45) is 0 Å². The molecule has 0 aliphatic carbocycles. The molecule has 0 spiro atoms. The Bertz CT molecular complexity index is 580. The standard InChI is InChI=1S/C13H16N2O5S/c1-13(2,3)21-7-11(16)14-10-5-4-8(15(19)20)6-9(10)12(17)18/h4-6H,7H2,1-3H3,(H,14,16)(H,17,18). The molecule has 0 fully saturated rings. The first-order valence-electron chi connectivity index (χ1n) is 6.05. The number of aromatic carboxylic acids is 1. The molecule has 8 heteroatoms. The fourth-order valence-electron chi connectivity index (χ4n) is 1.40. The van der Waals surface area contributed by atoms with Crippen LogP contribution in [0.2, 0.25) is 0 Å². The lowest BCUT2D eigenvalue weighted by atomic mass is 10.1. The molecule has 0 radical (unpaired) electrons. The Hall–Kier alpha value is -2.09. The van der Waals surface area contributed by atoms with Crippen molar-refractivity contribution in [1.29, 1.82) is 0 Å². The van der Waals surface area contributed by atoms with Crippen LogP contribution in [0.3, 0.4) is 0 Å². The molecule has 0 aromatic heterocycles. The molecule has 1 amide bonds. The highest BCUT2D eigenvalue weighted by atomic mass is 32.2. The fraction of sp³-hybridized carbons (Fsp3) is 0.385. The molecule has 21 heavy (non-hydrogen) atoms. The number of carbonyl (C=O) groups is 2. The quantitative estimate of drug-likeness (QED) is 0.639. The Balaban J connectivity index is 2.90. The van der Waals surface area contributed by atoms with E-state index >= 15 is 0 Å². The van der Waals surface area contributed by atoms with Gasteiger partial charge in [0.25, 0.3) is 5.69 Å². The molecule has 0 aliphatic heterocycles. The van der Waals surface area contributed by atoms with E-state index in [1.807, 2.05) is 20.8 Å². The lowest BCUT2D eigenvalue weighted by molar-refractivity contribution is -0.384. The smallest absolute Gasteiger partial charge is 0.338 e. The van der Waals surface area contributed by atoms with Crippen LogP contribution in [0.4, 0.5) is 11.4 Å². The van der Waals surface area contributed by atoms with Crippen LogP contribution >= 0.6 is 11.8 Å². The number of hydrogen-bond acceptors (Lipinski definition) is 5. The lowest BCUT2D eigenvalue weighted by Crippen LogP contribution is -2.20. The van der Waals surface area contributed by atoms with E-state index < -0.39 is 10.9 Å². The van der Waals surface area contributed by atoms with Crippen molar-refractivity contribution < 1.29 is 19.6 Å². The third kappa shape index (κ3) is 5.42. The summed E-state index contributed by atoms with van der Waals surface area (Å²) < 4.78 is -0.0948. The fourth-order valence-corrected chi connectivity index (χ4v) is 2.04. The summed E-state index contributed by atoms with van der Waals surface area (Å²) in [4.78, 5) is 32.9. The highest BCUT2D eigenvalue weighted by Crippen LogP contribution is 2.25. The van der Waals surface area contributed by atoms with Crippen molar-refractivity contribution in [1.82, 2.24) is 0 Å². The number of anilines is 1. The van der Waals surface area contributed by atoms with E-state index in [1.165, 1.54) is 17.8 Å². The van der Waals surface area contributed by atoms with E-state index in [2.05, 4.69) is 5.32 Å². The molecule has 0 aliphatic rings. The molecule has 114 valence electrons. The number of nitro groups is 1. The third-order valence-electron chi connectivity index (χ3n) is 2.35. The average Bonchev–Trinajstić information content (AvgIpc) is 2.35. The summed E-state index contributed by atoms with van der Waals surface area (Å²) >= 11 is 1.42. The molecule has 0 heterocycles. The number of nitro benzene ring substituents is 1.